The van der Waals surface area contributed by atoms with Crippen molar-refractivity contribution in [3.63, 3.8) is 0 Å². The van der Waals surface area contributed by atoms with Gasteiger partial charge in [-0.25, -0.2) is 0 Å². The lowest BCUT2D eigenvalue weighted by molar-refractivity contribution is 1.46. The fourth-order valence-corrected chi connectivity index (χ4v) is 1.36. The van der Waals surface area contributed by atoms with Crippen molar-refractivity contribution in [1.29, 1.82) is 0 Å². The molecule has 0 unspecified atom stereocenters. The quantitative estimate of drug-likeness (QED) is 0.431. The van der Waals surface area contributed by atoms with E-state index < -0.39 is 0 Å². The Hall–Kier alpha value is -0.770. The minimum absolute atomic E-state index is 0.612. The van der Waals surface area contributed by atoms with Gasteiger partial charge in [0.25, 0.3) is 0 Å². The van der Waals surface area contributed by atoms with Crippen LogP contribution in [0.5, 0.6) is 0 Å². The van der Waals surface area contributed by atoms with Crippen LogP contribution >= 0.6 is 31.9 Å². The first kappa shape index (κ1) is 10.3. The molecule has 0 atom stereocenters. The van der Waals surface area contributed by atoms with Crippen LogP contribution in [0.1, 0.15) is 5.56 Å². The number of rotatable bonds is 2. The molecule has 1 rings (SSSR count). The largest absolute Gasteiger partial charge is 0.0618 e. The Morgan fingerprint density at radius 2 is 2.08 bits per heavy atom. The molecule has 0 spiro atoms. The van der Waals surface area contributed by atoms with E-state index in [0.29, 0.717) is 5.69 Å². The molecule has 13 heavy (non-hydrogen) atoms. The van der Waals surface area contributed by atoms with Crippen LogP contribution in [-0.2, 0) is 0 Å². The third-order valence-corrected chi connectivity index (χ3v) is 1.81. The van der Waals surface area contributed by atoms with E-state index in [1.807, 2.05) is 24.3 Å². The van der Waals surface area contributed by atoms with Crippen molar-refractivity contribution in [2.45, 2.75) is 0 Å². The topological polar surface area (TPSA) is 48.8 Å². The van der Waals surface area contributed by atoms with Gasteiger partial charge < -0.3 is 0 Å². The summed E-state index contributed by atoms with van der Waals surface area (Å²) in [5.74, 6) is 0. The number of benzene rings is 1. The molecule has 0 N–H and O–H groups in total. The first-order valence-corrected chi connectivity index (χ1v) is 4.99. The van der Waals surface area contributed by atoms with Gasteiger partial charge in [-0.2, -0.15) is 0 Å². The number of halogens is 2. The Morgan fingerprint density at radius 1 is 1.38 bits per heavy atom. The highest BCUT2D eigenvalue weighted by molar-refractivity contribution is 9.28. The van der Waals surface area contributed by atoms with Crippen molar-refractivity contribution >= 4 is 43.6 Å². The molecule has 0 saturated carbocycles. The predicted octanol–water partition coefficient (Wildman–Crippen LogP) is 4.72. The minimum Gasteiger partial charge on any atom is -0.0618 e. The first-order valence-electron chi connectivity index (χ1n) is 3.41. The van der Waals surface area contributed by atoms with Gasteiger partial charge >= 0.3 is 0 Å². The van der Waals surface area contributed by atoms with Gasteiger partial charge in [0.1, 0.15) is 0 Å². The smallest absolute Gasteiger partial charge is 0.0610 e. The molecule has 0 aliphatic carbocycles. The van der Waals surface area contributed by atoms with E-state index in [1.54, 1.807) is 6.07 Å². The molecule has 66 valence electrons. The molecular formula is C8H5Br2N3. The second-order valence-electron chi connectivity index (χ2n) is 2.18. The molecule has 3 nitrogen and oxygen atoms in total. The summed E-state index contributed by atoms with van der Waals surface area (Å²) in [4.78, 5) is 2.74. The summed E-state index contributed by atoms with van der Waals surface area (Å²) in [6.07, 6.45) is 1.82. The van der Waals surface area contributed by atoms with Crippen LogP contribution in [0.25, 0.3) is 16.5 Å². The molecule has 1 aromatic carbocycles. The van der Waals surface area contributed by atoms with Crippen LogP contribution < -0.4 is 0 Å². The molecule has 0 aliphatic rings. The molecule has 0 bridgehead atoms. The van der Waals surface area contributed by atoms with Crippen LogP contribution in [0, 0.1) is 0 Å². The SMILES string of the molecule is [N-]=[N+]=Nc1ccccc1C=C(Br)Br. The highest BCUT2D eigenvalue weighted by Gasteiger charge is 1.95. The van der Waals surface area contributed by atoms with Crippen molar-refractivity contribution in [1.82, 2.24) is 0 Å². The summed E-state index contributed by atoms with van der Waals surface area (Å²) in [7, 11) is 0. The molecule has 5 heteroatoms. The highest BCUT2D eigenvalue weighted by atomic mass is 79.9. The second-order valence-corrected chi connectivity index (χ2v) is 4.96. The Balaban J connectivity index is 3.19. The summed E-state index contributed by atoms with van der Waals surface area (Å²) < 4.78 is 0.806. The fourth-order valence-electron chi connectivity index (χ4n) is 0.866. The van der Waals surface area contributed by atoms with Gasteiger partial charge in [0.05, 0.1) is 3.39 Å². The molecule has 0 radical (unpaired) electrons. The van der Waals surface area contributed by atoms with E-state index in [9.17, 15) is 0 Å². The fraction of sp³-hybridized carbons (Fsp3) is 0. The van der Waals surface area contributed by atoms with Crippen LogP contribution in [-0.4, -0.2) is 0 Å². The molecule has 0 fully saturated rings. The average molecular weight is 303 g/mol. The molecule has 0 heterocycles. The van der Waals surface area contributed by atoms with Gasteiger partial charge in [-0.05, 0) is 49.0 Å². The van der Waals surface area contributed by atoms with Crippen LogP contribution in [0.15, 0.2) is 32.8 Å². The maximum Gasteiger partial charge on any atom is 0.0610 e. The summed E-state index contributed by atoms with van der Waals surface area (Å²) in [6.45, 7) is 0. The standard InChI is InChI=1S/C8H5Br2N3/c9-8(10)5-6-3-1-2-4-7(6)12-13-11/h1-5H. The van der Waals surface area contributed by atoms with E-state index >= 15 is 0 Å². The maximum atomic E-state index is 8.29. The zero-order valence-electron chi connectivity index (χ0n) is 6.48. The molecule has 0 amide bonds. The van der Waals surface area contributed by atoms with Gasteiger partial charge in [-0.15, -0.1) is 0 Å². The monoisotopic (exact) mass is 301 g/mol. The zero-order valence-corrected chi connectivity index (χ0v) is 9.66. The lowest BCUT2D eigenvalue weighted by Crippen LogP contribution is -1.71. The first-order chi connectivity index (χ1) is 6.24. The van der Waals surface area contributed by atoms with E-state index in [1.165, 1.54) is 0 Å². The zero-order chi connectivity index (χ0) is 9.68. The van der Waals surface area contributed by atoms with Crippen molar-refractivity contribution in [2.75, 3.05) is 0 Å². The van der Waals surface area contributed by atoms with Gasteiger partial charge in [-0.1, -0.05) is 29.4 Å². The van der Waals surface area contributed by atoms with E-state index in [0.717, 1.165) is 8.96 Å². The van der Waals surface area contributed by atoms with E-state index in [4.69, 9.17) is 5.53 Å². The number of hydrogen-bond donors (Lipinski definition) is 0. The Kier molecular flexibility index (Phi) is 4.02. The van der Waals surface area contributed by atoms with Crippen LogP contribution in [0.4, 0.5) is 5.69 Å². The average Bonchev–Trinajstić information content (AvgIpc) is 2.08. The Bertz CT molecular complexity index is 377. The van der Waals surface area contributed by atoms with E-state index in [-0.39, 0.29) is 0 Å². The molecule has 1 aromatic rings. The molecular weight excluding hydrogens is 298 g/mol. The Morgan fingerprint density at radius 3 is 2.69 bits per heavy atom. The predicted molar refractivity (Wildman–Crippen MR) is 61.1 cm³/mol. The summed E-state index contributed by atoms with van der Waals surface area (Å²) >= 11 is 6.48. The van der Waals surface area contributed by atoms with Crippen LogP contribution in [0.2, 0.25) is 0 Å². The van der Waals surface area contributed by atoms with Gasteiger partial charge in [0.15, 0.2) is 0 Å². The number of hydrogen-bond acceptors (Lipinski definition) is 1. The summed E-state index contributed by atoms with van der Waals surface area (Å²) in [5, 5.41) is 3.55. The van der Waals surface area contributed by atoms with Crippen LogP contribution in [0.3, 0.4) is 0 Å². The van der Waals surface area contributed by atoms with Gasteiger partial charge in [-0.3, -0.25) is 0 Å². The third kappa shape index (κ3) is 3.22. The Labute approximate surface area is 92.3 Å². The highest BCUT2D eigenvalue weighted by Crippen LogP contribution is 2.25. The minimum atomic E-state index is 0.612. The van der Waals surface area contributed by atoms with Crippen molar-refractivity contribution in [2.24, 2.45) is 5.11 Å². The number of azide groups is 1. The van der Waals surface area contributed by atoms with Gasteiger partial charge in [0, 0.05) is 10.6 Å². The molecule has 0 aliphatic heterocycles. The van der Waals surface area contributed by atoms with Crippen molar-refractivity contribution in [3.8, 4) is 0 Å². The molecule has 0 aromatic heterocycles. The molecule has 0 saturated heterocycles. The van der Waals surface area contributed by atoms with Gasteiger partial charge in [0.2, 0.25) is 0 Å². The maximum absolute atomic E-state index is 8.29. The second kappa shape index (κ2) is 5.07. The van der Waals surface area contributed by atoms with Crippen molar-refractivity contribution < 1.29 is 0 Å². The van der Waals surface area contributed by atoms with Crippen molar-refractivity contribution in [3.05, 3.63) is 43.7 Å². The lowest BCUT2D eigenvalue weighted by Gasteiger charge is -1.97. The summed E-state index contributed by atoms with van der Waals surface area (Å²) in [5.41, 5.74) is 9.77. The number of nitrogens with zero attached hydrogens (tertiary/aromatic N) is 3. The normalized spacial score (nSPS) is 8.77. The lowest BCUT2D eigenvalue weighted by atomic mass is 10.2. The summed E-state index contributed by atoms with van der Waals surface area (Å²) in [6, 6.07) is 7.33. The third-order valence-electron chi connectivity index (χ3n) is 1.35. The van der Waals surface area contributed by atoms with E-state index in [2.05, 4.69) is 41.9 Å².